The minimum Gasteiger partial charge on any atom is -0.372 e. The predicted molar refractivity (Wildman–Crippen MR) is 44.5 cm³/mol. The molecule has 0 spiro atoms. The first-order valence-electron chi connectivity index (χ1n) is 4.59. The van der Waals surface area contributed by atoms with Gasteiger partial charge in [-0.3, -0.25) is 0 Å². The minimum absolute atomic E-state index is 0.576. The van der Waals surface area contributed by atoms with E-state index in [-0.39, 0.29) is 0 Å². The molecule has 0 aromatic heterocycles. The molecule has 2 aliphatic rings. The Morgan fingerprint density at radius 3 is 2.27 bits per heavy atom. The normalized spacial score (nSPS) is 44.7. The SMILES string of the molecule is CC1CN(CC2CO2)CC1C. The molecule has 2 rings (SSSR count). The number of nitrogens with zero attached hydrogens (tertiary/aromatic N) is 1. The predicted octanol–water partition coefficient (Wildman–Crippen LogP) is 0.973. The standard InChI is InChI=1S/C9H17NO/c1-7-3-10(4-8(7)2)5-9-6-11-9/h7-9H,3-6H2,1-2H3. The molecule has 2 fully saturated rings. The van der Waals surface area contributed by atoms with Crippen molar-refractivity contribution in [1.82, 2.24) is 4.90 Å². The number of ether oxygens (including phenoxy) is 1. The molecule has 0 radical (unpaired) electrons. The average Bonchev–Trinajstić information content (AvgIpc) is 2.65. The summed E-state index contributed by atoms with van der Waals surface area (Å²) in [6.07, 6.45) is 0.576. The van der Waals surface area contributed by atoms with Crippen LogP contribution in [0.2, 0.25) is 0 Å². The van der Waals surface area contributed by atoms with Gasteiger partial charge in [0.15, 0.2) is 0 Å². The Balaban J connectivity index is 1.78. The quantitative estimate of drug-likeness (QED) is 0.552. The highest BCUT2D eigenvalue weighted by molar-refractivity contribution is 4.83. The summed E-state index contributed by atoms with van der Waals surface area (Å²) in [6.45, 7) is 9.42. The molecule has 2 heteroatoms. The van der Waals surface area contributed by atoms with Gasteiger partial charge in [-0.25, -0.2) is 0 Å². The molecule has 2 nitrogen and oxygen atoms in total. The van der Waals surface area contributed by atoms with Gasteiger partial charge in [-0.2, -0.15) is 0 Å². The monoisotopic (exact) mass is 155 g/mol. The van der Waals surface area contributed by atoms with Crippen molar-refractivity contribution in [2.24, 2.45) is 11.8 Å². The van der Waals surface area contributed by atoms with Crippen LogP contribution in [0.5, 0.6) is 0 Å². The Morgan fingerprint density at radius 1 is 1.27 bits per heavy atom. The first kappa shape index (κ1) is 7.56. The molecule has 0 N–H and O–H groups in total. The van der Waals surface area contributed by atoms with Gasteiger partial charge in [0.25, 0.3) is 0 Å². The minimum atomic E-state index is 0.576. The van der Waals surface area contributed by atoms with Crippen LogP contribution in [-0.4, -0.2) is 37.2 Å². The molecular weight excluding hydrogens is 138 g/mol. The van der Waals surface area contributed by atoms with E-state index in [1.54, 1.807) is 0 Å². The molecule has 2 saturated heterocycles. The zero-order valence-corrected chi connectivity index (χ0v) is 7.42. The molecule has 11 heavy (non-hydrogen) atoms. The van der Waals surface area contributed by atoms with Crippen molar-refractivity contribution in [2.75, 3.05) is 26.2 Å². The second-order valence-corrected chi connectivity index (χ2v) is 4.13. The first-order valence-corrected chi connectivity index (χ1v) is 4.59. The van der Waals surface area contributed by atoms with E-state index < -0.39 is 0 Å². The van der Waals surface area contributed by atoms with Crippen LogP contribution in [-0.2, 0) is 4.74 Å². The van der Waals surface area contributed by atoms with E-state index in [0.29, 0.717) is 6.10 Å². The van der Waals surface area contributed by atoms with Crippen molar-refractivity contribution >= 4 is 0 Å². The molecule has 3 unspecified atom stereocenters. The van der Waals surface area contributed by atoms with Gasteiger partial charge in [-0.1, -0.05) is 13.8 Å². The maximum absolute atomic E-state index is 5.20. The molecule has 0 bridgehead atoms. The summed E-state index contributed by atoms with van der Waals surface area (Å²) in [4.78, 5) is 2.53. The van der Waals surface area contributed by atoms with E-state index in [4.69, 9.17) is 4.74 Å². The fourth-order valence-electron chi connectivity index (χ4n) is 1.86. The lowest BCUT2D eigenvalue weighted by molar-refractivity contribution is 0.276. The van der Waals surface area contributed by atoms with Crippen LogP contribution in [0, 0.1) is 11.8 Å². The number of hydrogen-bond acceptors (Lipinski definition) is 2. The Morgan fingerprint density at radius 2 is 1.82 bits per heavy atom. The summed E-state index contributed by atoms with van der Waals surface area (Å²) in [5.74, 6) is 1.77. The third-order valence-electron chi connectivity index (χ3n) is 2.93. The molecular formula is C9H17NO. The average molecular weight is 155 g/mol. The van der Waals surface area contributed by atoms with E-state index in [1.165, 1.54) is 19.6 Å². The van der Waals surface area contributed by atoms with Gasteiger partial charge in [-0.05, 0) is 11.8 Å². The Kier molecular flexibility index (Phi) is 1.90. The zero-order chi connectivity index (χ0) is 7.84. The van der Waals surface area contributed by atoms with E-state index in [9.17, 15) is 0 Å². The van der Waals surface area contributed by atoms with Crippen molar-refractivity contribution in [3.63, 3.8) is 0 Å². The van der Waals surface area contributed by atoms with Gasteiger partial charge in [0, 0.05) is 19.6 Å². The molecule has 0 amide bonds. The lowest BCUT2D eigenvalue weighted by Gasteiger charge is -2.12. The number of rotatable bonds is 2. The van der Waals surface area contributed by atoms with Crippen LogP contribution in [0.3, 0.4) is 0 Å². The van der Waals surface area contributed by atoms with Gasteiger partial charge in [0.05, 0.1) is 12.7 Å². The fraction of sp³-hybridized carbons (Fsp3) is 1.00. The number of likely N-dealkylation sites (tertiary alicyclic amines) is 1. The maximum atomic E-state index is 5.20. The molecule has 0 aromatic rings. The summed E-state index contributed by atoms with van der Waals surface area (Å²) >= 11 is 0. The highest BCUT2D eigenvalue weighted by Gasteiger charge is 2.31. The Hall–Kier alpha value is -0.0800. The van der Waals surface area contributed by atoms with Crippen molar-refractivity contribution in [1.29, 1.82) is 0 Å². The van der Waals surface area contributed by atoms with E-state index in [2.05, 4.69) is 18.7 Å². The zero-order valence-electron chi connectivity index (χ0n) is 7.42. The number of hydrogen-bond donors (Lipinski definition) is 0. The summed E-state index contributed by atoms with van der Waals surface area (Å²) in [6, 6.07) is 0. The van der Waals surface area contributed by atoms with Crippen LogP contribution >= 0.6 is 0 Å². The van der Waals surface area contributed by atoms with Crippen LogP contribution in [0.4, 0.5) is 0 Å². The third kappa shape index (κ3) is 1.74. The van der Waals surface area contributed by atoms with Crippen LogP contribution in [0.25, 0.3) is 0 Å². The van der Waals surface area contributed by atoms with E-state index in [1.807, 2.05) is 0 Å². The third-order valence-corrected chi connectivity index (χ3v) is 2.93. The van der Waals surface area contributed by atoms with Crippen molar-refractivity contribution in [2.45, 2.75) is 20.0 Å². The Bertz CT molecular complexity index is 132. The highest BCUT2D eigenvalue weighted by Crippen LogP contribution is 2.23. The van der Waals surface area contributed by atoms with E-state index >= 15 is 0 Å². The molecule has 0 saturated carbocycles. The van der Waals surface area contributed by atoms with E-state index in [0.717, 1.165) is 18.4 Å². The summed E-state index contributed by atoms with van der Waals surface area (Å²) in [7, 11) is 0. The van der Waals surface area contributed by atoms with Gasteiger partial charge in [0.2, 0.25) is 0 Å². The number of epoxide rings is 1. The second-order valence-electron chi connectivity index (χ2n) is 4.13. The lowest BCUT2D eigenvalue weighted by atomic mass is 10.0. The molecule has 2 aliphatic heterocycles. The summed E-state index contributed by atoms with van der Waals surface area (Å²) in [5.41, 5.74) is 0. The molecule has 3 atom stereocenters. The van der Waals surface area contributed by atoms with Crippen molar-refractivity contribution in [3.8, 4) is 0 Å². The molecule has 2 heterocycles. The largest absolute Gasteiger partial charge is 0.372 e. The maximum Gasteiger partial charge on any atom is 0.0936 e. The van der Waals surface area contributed by atoms with Gasteiger partial charge in [0.1, 0.15) is 0 Å². The van der Waals surface area contributed by atoms with Crippen molar-refractivity contribution < 1.29 is 4.74 Å². The topological polar surface area (TPSA) is 15.8 Å². The van der Waals surface area contributed by atoms with Gasteiger partial charge >= 0.3 is 0 Å². The first-order chi connectivity index (χ1) is 5.25. The summed E-state index contributed by atoms with van der Waals surface area (Å²) in [5, 5.41) is 0. The van der Waals surface area contributed by atoms with Crippen molar-refractivity contribution in [3.05, 3.63) is 0 Å². The van der Waals surface area contributed by atoms with Gasteiger partial charge < -0.3 is 9.64 Å². The second kappa shape index (κ2) is 2.76. The molecule has 0 aromatic carbocycles. The fourth-order valence-corrected chi connectivity index (χ4v) is 1.86. The lowest BCUT2D eigenvalue weighted by Crippen LogP contribution is -2.25. The molecule has 64 valence electrons. The molecule has 0 aliphatic carbocycles. The highest BCUT2D eigenvalue weighted by atomic mass is 16.6. The smallest absolute Gasteiger partial charge is 0.0936 e. The van der Waals surface area contributed by atoms with Crippen LogP contribution in [0.15, 0.2) is 0 Å². The van der Waals surface area contributed by atoms with Gasteiger partial charge in [-0.15, -0.1) is 0 Å². The van der Waals surface area contributed by atoms with Crippen LogP contribution < -0.4 is 0 Å². The summed E-state index contributed by atoms with van der Waals surface area (Å²) < 4.78 is 5.20. The Labute approximate surface area is 68.5 Å². The van der Waals surface area contributed by atoms with Crippen LogP contribution in [0.1, 0.15) is 13.8 Å².